The Bertz CT molecular complexity index is 211. The predicted molar refractivity (Wildman–Crippen MR) is 35.7 cm³/mol. The summed E-state index contributed by atoms with van der Waals surface area (Å²) in [5.41, 5.74) is 0. The van der Waals surface area contributed by atoms with Crippen LogP contribution in [0.25, 0.3) is 0 Å². The van der Waals surface area contributed by atoms with Crippen molar-refractivity contribution in [3.05, 3.63) is 0 Å². The maximum atomic E-state index is 10.2. The fourth-order valence-corrected chi connectivity index (χ4v) is 0.619. The Morgan fingerprint density at radius 2 is 2.10 bits per heavy atom. The highest BCUT2D eigenvalue weighted by molar-refractivity contribution is 8.01. The van der Waals surface area contributed by atoms with Crippen LogP contribution in [-0.4, -0.2) is 30.6 Å². The van der Waals surface area contributed by atoms with Crippen molar-refractivity contribution in [2.75, 3.05) is 12.4 Å². The number of rotatable bonds is 2. The van der Waals surface area contributed by atoms with Crippen molar-refractivity contribution in [2.45, 2.75) is 0 Å². The highest BCUT2D eigenvalue weighted by atomic mass is 35.5. The van der Waals surface area contributed by atoms with Gasteiger partial charge in [-0.15, -0.1) is 11.6 Å². The monoisotopic (exact) mass is 187 g/mol. The molecule has 0 aromatic heterocycles. The third-order valence-corrected chi connectivity index (χ3v) is 1.40. The maximum absolute atomic E-state index is 10.2. The first-order chi connectivity index (χ1) is 4.48. The van der Waals surface area contributed by atoms with Gasteiger partial charge in [-0.3, -0.25) is 9.35 Å². The van der Waals surface area contributed by atoms with Gasteiger partial charge in [-0.1, -0.05) is 0 Å². The molecule has 0 saturated heterocycles. The first-order valence-electron chi connectivity index (χ1n) is 2.29. The second-order valence-corrected chi connectivity index (χ2v) is 3.08. The maximum Gasteiger partial charge on any atom is 0.363 e. The zero-order chi connectivity index (χ0) is 8.20. The van der Waals surface area contributed by atoms with E-state index in [0.29, 0.717) is 0 Å². The Morgan fingerprint density at radius 3 is 2.40 bits per heavy atom. The molecule has 0 aromatic carbocycles. The summed E-state index contributed by atoms with van der Waals surface area (Å²) in [5, 5.41) is 0.440. The molecule has 7 heteroatoms. The van der Waals surface area contributed by atoms with Gasteiger partial charge in [0.2, 0.25) is 0 Å². The first kappa shape index (κ1) is 9.67. The molecule has 0 atom stereocenters. The Labute approximate surface area is 63.1 Å². The van der Waals surface area contributed by atoms with Crippen LogP contribution in [0.3, 0.4) is 0 Å². The van der Waals surface area contributed by atoms with Gasteiger partial charge in [0.15, 0.2) is 0 Å². The molecule has 1 amide bonds. The van der Waals surface area contributed by atoms with E-state index in [2.05, 4.69) is 0 Å². The number of alkyl halides is 1. The second-order valence-electron chi connectivity index (χ2n) is 1.38. The Kier molecular flexibility index (Phi) is 3.62. The largest absolute Gasteiger partial charge is 0.363 e. The lowest BCUT2D eigenvalue weighted by molar-refractivity contribution is 0.256. The zero-order valence-corrected chi connectivity index (χ0v) is 6.44. The van der Waals surface area contributed by atoms with Crippen molar-refractivity contribution >= 4 is 27.0 Å². The van der Waals surface area contributed by atoms with Gasteiger partial charge in [-0.25, -0.2) is 0 Å². The molecular weight excluding hydrogens is 182 g/mol. The summed E-state index contributed by atoms with van der Waals surface area (Å²) in [4.78, 5) is 10.2. The lowest BCUT2D eigenvalue weighted by Crippen LogP contribution is -2.30. The van der Waals surface area contributed by atoms with E-state index in [9.17, 15) is 13.2 Å². The van der Waals surface area contributed by atoms with Crippen molar-refractivity contribution in [2.24, 2.45) is 0 Å². The van der Waals surface area contributed by atoms with Crippen LogP contribution in [0, 0.1) is 0 Å². The molecule has 0 radical (unpaired) electrons. The van der Waals surface area contributed by atoms with Crippen LogP contribution >= 0.6 is 11.6 Å². The number of carbonyl (C=O) groups is 1. The first-order valence-corrected chi connectivity index (χ1v) is 4.27. The average molecular weight is 188 g/mol. The molecule has 0 bridgehead atoms. The van der Waals surface area contributed by atoms with E-state index in [1.807, 2.05) is 5.32 Å². The van der Waals surface area contributed by atoms with Crippen LogP contribution in [-0.2, 0) is 10.1 Å². The molecule has 10 heavy (non-hydrogen) atoms. The fraction of sp³-hybridized carbons (Fsp3) is 0.667. The van der Waals surface area contributed by atoms with Gasteiger partial charge in [-0.2, -0.15) is 8.42 Å². The lowest BCUT2D eigenvalue weighted by Gasteiger charge is -1.96. The average Bonchev–Trinajstić information content (AvgIpc) is 1.80. The molecule has 0 aliphatic carbocycles. The Balaban J connectivity index is 3.88. The summed E-state index contributed by atoms with van der Waals surface area (Å²) in [7, 11) is -4.58. The molecule has 0 unspecified atom stereocenters. The van der Waals surface area contributed by atoms with Gasteiger partial charge >= 0.3 is 15.4 Å². The molecule has 0 aromatic rings. The van der Waals surface area contributed by atoms with Gasteiger partial charge < -0.3 is 5.32 Å². The van der Waals surface area contributed by atoms with Gasteiger partial charge in [0, 0.05) is 12.4 Å². The third-order valence-electron chi connectivity index (χ3n) is 0.598. The fourth-order valence-electron chi connectivity index (χ4n) is 0.241. The molecule has 2 N–H and O–H groups in total. The minimum Gasteiger partial charge on any atom is -0.340 e. The number of nitrogens with one attached hydrogen (secondary N) is 1. The van der Waals surface area contributed by atoms with Crippen LogP contribution in [0.1, 0.15) is 0 Å². The van der Waals surface area contributed by atoms with E-state index < -0.39 is 15.4 Å². The predicted octanol–water partition coefficient (Wildman–Crippen LogP) is -0.177. The number of amides is 1. The SMILES string of the molecule is O=C(NCCCl)S(=O)(=O)O. The normalized spacial score (nSPS) is 11.0. The quantitative estimate of drug-likeness (QED) is 0.464. The van der Waals surface area contributed by atoms with Crippen molar-refractivity contribution in [1.82, 2.24) is 5.32 Å². The summed E-state index contributed by atoms with van der Waals surface area (Å²) in [6, 6.07) is 0. The molecule has 0 rings (SSSR count). The number of hydrogen-bond donors (Lipinski definition) is 2. The topological polar surface area (TPSA) is 83.5 Å². The lowest BCUT2D eigenvalue weighted by atomic mass is 10.8. The van der Waals surface area contributed by atoms with E-state index in [1.165, 1.54) is 0 Å². The standard InChI is InChI=1S/C3H6ClNO4S/c4-1-2-5-3(6)10(7,8)9/h1-2H2,(H,5,6)(H,7,8,9). The van der Waals surface area contributed by atoms with E-state index in [4.69, 9.17) is 16.2 Å². The van der Waals surface area contributed by atoms with E-state index >= 15 is 0 Å². The van der Waals surface area contributed by atoms with Crippen molar-refractivity contribution < 1.29 is 17.8 Å². The molecule has 60 valence electrons. The number of halogens is 1. The number of hydrogen-bond acceptors (Lipinski definition) is 3. The minimum absolute atomic E-state index is 0.0141. The molecule has 0 fully saturated rings. The van der Waals surface area contributed by atoms with Crippen LogP contribution < -0.4 is 5.32 Å². The molecule has 0 heterocycles. The van der Waals surface area contributed by atoms with E-state index in [1.54, 1.807) is 0 Å². The Hall–Kier alpha value is -0.330. The Morgan fingerprint density at radius 1 is 1.60 bits per heavy atom. The summed E-state index contributed by atoms with van der Waals surface area (Å²) in [6.07, 6.45) is 0. The van der Waals surface area contributed by atoms with Gasteiger partial charge in [0.25, 0.3) is 0 Å². The van der Waals surface area contributed by atoms with E-state index in [0.717, 1.165) is 0 Å². The number of carbonyl (C=O) groups excluding carboxylic acids is 1. The van der Waals surface area contributed by atoms with Crippen LogP contribution in [0.5, 0.6) is 0 Å². The molecule has 0 aliphatic rings. The van der Waals surface area contributed by atoms with Crippen LogP contribution in [0.15, 0.2) is 0 Å². The van der Waals surface area contributed by atoms with Gasteiger partial charge in [-0.05, 0) is 0 Å². The summed E-state index contributed by atoms with van der Waals surface area (Å²) in [5.74, 6) is 0.0985. The summed E-state index contributed by atoms with van der Waals surface area (Å²) in [6.45, 7) is 0.0141. The third kappa shape index (κ3) is 3.65. The zero-order valence-electron chi connectivity index (χ0n) is 4.87. The van der Waals surface area contributed by atoms with Gasteiger partial charge in [0.1, 0.15) is 0 Å². The highest BCUT2D eigenvalue weighted by Gasteiger charge is 2.16. The summed E-state index contributed by atoms with van der Waals surface area (Å²) >= 11 is 5.10. The summed E-state index contributed by atoms with van der Waals surface area (Å²) < 4.78 is 27.9. The van der Waals surface area contributed by atoms with E-state index in [-0.39, 0.29) is 12.4 Å². The molecule has 0 saturated carbocycles. The molecule has 0 spiro atoms. The highest BCUT2D eigenvalue weighted by Crippen LogP contribution is 1.83. The molecule has 5 nitrogen and oxygen atoms in total. The molecule has 0 aliphatic heterocycles. The van der Waals surface area contributed by atoms with Crippen molar-refractivity contribution in [3.8, 4) is 0 Å². The molecular formula is C3H6ClNO4S. The van der Waals surface area contributed by atoms with Gasteiger partial charge in [0.05, 0.1) is 0 Å². The van der Waals surface area contributed by atoms with Crippen LogP contribution in [0.2, 0.25) is 0 Å². The van der Waals surface area contributed by atoms with Crippen molar-refractivity contribution in [1.29, 1.82) is 0 Å². The smallest absolute Gasteiger partial charge is 0.340 e. The second kappa shape index (κ2) is 3.75. The minimum atomic E-state index is -4.58. The van der Waals surface area contributed by atoms with Crippen LogP contribution in [0.4, 0.5) is 4.79 Å². The van der Waals surface area contributed by atoms with Crippen molar-refractivity contribution in [3.63, 3.8) is 0 Å².